The van der Waals surface area contributed by atoms with Gasteiger partial charge in [-0.3, -0.25) is 14.6 Å². The fraction of sp³-hybridized carbons (Fsp3) is 0.267. The van der Waals surface area contributed by atoms with E-state index in [1.165, 1.54) is 18.2 Å². The number of carbonyl (C=O) groups excluding carboxylic acids is 2. The van der Waals surface area contributed by atoms with Gasteiger partial charge >= 0.3 is 6.18 Å². The smallest absolute Gasteiger partial charge is 0.355 e. The predicted octanol–water partition coefficient (Wildman–Crippen LogP) is 2.12. The average Bonchev–Trinajstić information content (AvgIpc) is 2.50. The number of pyridine rings is 1. The monoisotopic (exact) mass is 325 g/mol. The molecule has 0 saturated carbocycles. The van der Waals surface area contributed by atoms with Gasteiger partial charge in [-0.25, -0.2) is 0 Å². The summed E-state index contributed by atoms with van der Waals surface area (Å²) in [5.41, 5.74) is -1.53. The lowest BCUT2D eigenvalue weighted by Crippen LogP contribution is -2.37. The van der Waals surface area contributed by atoms with Crippen LogP contribution < -0.4 is 10.6 Å². The van der Waals surface area contributed by atoms with Crippen molar-refractivity contribution >= 4 is 22.7 Å². The standard InChI is InChI=1S/C15H14F3N3O2/c1-2-19-12(22)8-21-14(23)10-7-20-11-6-4-3-5-9(11)13(10)15(16,17)18/h3-7H,2,8H2,1H3,(H,19,22)(H,21,23). The summed E-state index contributed by atoms with van der Waals surface area (Å²) in [7, 11) is 0. The summed E-state index contributed by atoms with van der Waals surface area (Å²) in [6.07, 6.45) is -3.85. The third-order valence-corrected chi connectivity index (χ3v) is 3.09. The van der Waals surface area contributed by atoms with Crippen LogP contribution in [-0.2, 0) is 11.0 Å². The first-order chi connectivity index (χ1) is 10.8. The van der Waals surface area contributed by atoms with Gasteiger partial charge in [0.15, 0.2) is 0 Å². The topological polar surface area (TPSA) is 71.1 Å². The summed E-state index contributed by atoms with van der Waals surface area (Å²) in [6, 6.07) is 5.69. The number of nitrogens with zero attached hydrogens (tertiary/aromatic N) is 1. The molecule has 0 aliphatic carbocycles. The number of alkyl halides is 3. The fourth-order valence-electron chi connectivity index (χ4n) is 2.13. The number of amides is 2. The second-order valence-corrected chi connectivity index (χ2v) is 4.70. The Morgan fingerprint density at radius 2 is 1.87 bits per heavy atom. The van der Waals surface area contributed by atoms with Crippen molar-refractivity contribution in [3.8, 4) is 0 Å². The van der Waals surface area contributed by atoms with Crippen molar-refractivity contribution in [1.82, 2.24) is 15.6 Å². The van der Waals surface area contributed by atoms with E-state index in [4.69, 9.17) is 0 Å². The molecule has 2 rings (SSSR count). The number of hydrogen-bond donors (Lipinski definition) is 2. The summed E-state index contributed by atoms with van der Waals surface area (Å²) in [4.78, 5) is 27.2. The van der Waals surface area contributed by atoms with Gasteiger partial charge in [0.25, 0.3) is 5.91 Å². The second-order valence-electron chi connectivity index (χ2n) is 4.70. The van der Waals surface area contributed by atoms with Crippen molar-refractivity contribution < 1.29 is 22.8 Å². The SMILES string of the molecule is CCNC(=O)CNC(=O)c1cnc2ccccc2c1C(F)(F)F. The Labute approximate surface area is 129 Å². The molecule has 1 aromatic carbocycles. The number of benzene rings is 1. The number of rotatable bonds is 4. The van der Waals surface area contributed by atoms with Gasteiger partial charge in [-0.1, -0.05) is 18.2 Å². The summed E-state index contributed by atoms with van der Waals surface area (Å²) in [6.45, 7) is 1.64. The van der Waals surface area contributed by atoms with Crippen LogP contribution in [0.3, 0.4) is 0 Å². The molecule has 0 bridgehead atoms. The van der Waals surface area contributed by atoms with E-state index in [0.717, 1.165) is 6.20 Å². The quantitative estimate of drug-likeness (QED) is 0.904. The molecule has 0 aliphatic rings. The highest BCUT2D eigenvalue weighted by Gasteiger charge is 2.37. The number of carbonyl (C=O) groups is 2. The Morgan fingerprint density at radius 1 is 1.17 bits per heavy atom. The largest absolute Gasteiger partial charge is 0.417 e. The van der Waals surface area contributed by atoms with Gasteiger partial charge in [0, 0.05) is 18.1 Å². The normalized spacial score (nSPS) is 11.3. The van der Waals surface area contributed by atoms with Crippen molar-refractivity contribution in [2.24, 2.45) is 0 Å². The number of likely N-dealkylation sites (N-methyl/N-ethyl adjacent to an activating group) is 1. The lowest BCUT2D eigenvalue weighted by Gasteiger charge is -2.15. The lowest BCUT2D eigenvalue weighted by atomic mass is 10.0. The van der Waals surface area contributed by atoms with E-state index in [9.17, 15) is 22.8 Å². The molecular weight excluding hydrogens is 311 g/mol. The lowest BCUT2D eigenvalue weighted by molar-refractivity contribution is -0.136. The number of aromatic nitrogens is 1. The molecule has 2 N–H and O–H groups in total. The molecule has 0 fully saturated rings. The highest BCUT2D eigenvalue weighted by Crippen LogP contribution is 2.36. The summed E-state index contributed by atoms with van der Waals surface area (Å²) < 4.78 is 40.1. The van der Waals surface area contributed by atoms with Crippen molar-refractivity contribution in [3.05, 3.63) is 41.6 Å². The summed E-state index contributed by atoms with van der Waals surface area (Å²) >= 11 is 0. The van der Waals surface area contributed by atoms with Crippen LogP contribution in [0.2, 0.25) is 0 Å². The van der Waals surface area contributed by atoms with Crippen molar-refractivity contribution in [3.63, 3.8) is 0 Å². The van der Waals surface area contributed by atoms with E-state index in [1.54, 1.807) is 13.0 Å². The zero-order valence-electron chi connectivity index (χ0n) is 12.2. The molecule has 2 amide bonds. The van der Waals surface area contributed by atoms with Crippen LogP contribution in [-0.4, -0.2) is 29.9 Å². The fourth-order valence-corrected chi connectivity index (χ4v) is 2.13. The number of halogens is 3. The van der Waals surface area contributed by atoms with E-state index >= 15 is 0 Å². The van der Waals surface area contributed by atoms with Crippen molar-refractivity contribution in [2.45, 2.75) is 13.1 Å². The van der Waals surface area contributed by atoms with E-state index < -0.39 is 35.7 Å². The molecule has 0 aliphatic heterocycles. The van der Waals surface area contributed by atoms with Crippen LogP contribution in [0.15, 0.2) is 30.5 Å². The van der Waals surface area contributed by atoms with E-state index in [0.29, 0.717) is 6.54 Å². The third-order valence-electron chi connectivity index (χ3n) is 3.09. The zero-order valence-corrected chi connectivity index (χ0v) is 12.2. The third kappa shape index (κ3) is 3.77. The first kappa shape index (κ1) is 16.7. The summed E-state index contributed by atoms with van der Waals surface area (Å²) in [5.74, 6) is -1.48. The van der Waals surface area contributed by atoms with Crippen LogP contribution >= 0.6 is 0 Å². The Kier molecular flexibility index (Phi) is 4.83. The maximum Gasteiger partial charge on any atom is 0.417 e. The minimum Gasteiger partial charge on any atom is -0.355 e. The van der Waals surface area contributed by atoms with Gasteiger partial charge in [0.05, 0.1) is 23.2 Å². The molecule has 0 radical (unpaired) electrons. The maximum atomic E-state index is 13.4. The highest BCUT2D eigenvalue weighted by molar-refractivity contribution is 6.01. The molecule has 122 valence electrons. The number of para-hydroxylation sites is 1. The van der Waals surface area contributed by atoms with Crippen LogP contribution in [0.25, 0.3) is 10.9 Å². The highest BCUT2D eigenvalue weighted by atomic mass is 19.4. The zero-order chi connectivity index (χ0) is 17.0. The first-order valence-corrected chi connectivity index (χ1v) is 6.84. The van der Waals surface area contributed by atoms with Crippen molar-refractivity contribution in [1.29, 1.82) is 0 Å². The Hall–Kier alpha value is -2.64. The molecule has 5 nitrogen and oxygen atoms in total. The Morgan fingerprint density at radius 3 is 2.52 bits per heavy atom. The number of hydrogen-bond acceptors (Lipinski definition) is 3. The van der Waals surface area contributed by atoms with Gasteiger partial charge < -0.3 is 10.6 Å². The first-order valence-electron chi connectivity index (χ1n) is 6.84. The van der Waals surface area contributed by atoms with Gasteiger partial charge in [-0.05, 0) is 13.0 Å². The number of nitrogens with one attached hydrogen (secondary N) is 2. The molecule has 1 aromatic heterocycles. The van der Waals surface area contributed by atoms with E-state index in [-0.39, 0.29) is 10.9 Å². The van der Waals surface area contributed by atoms with E-state index in [2.05, 4.69) is 15.6 Å². The molecule has 0 spiro atoms. The molecule has 1 heterocycles. The van der Waals surface area contributed by atoms with Crippen LogP contribution in [0.1, 0.15) is 22.8 Å². The molecule has 23 heavy (non-hydrogen) atoms. The average molecular weight is 325 g/mol. The molecule has 0 saturated heterocycles. The van der Waals surface area contributed by atoms with Crippen molar-refractivity contribution in [2.75, 3.05) is 13.1 Å². The Balaban J connectivity index is 2.40. The molecular formula is C15H14F3N3O2. The molecule has 2 aromatic rings. The number of fused-ring (bicyclic) bond motifs is 1. The Bertz CT molecular complexity index is 744. The molecule has 0 atom stereocenters. The van der Waals surface area contributed by atoms with Gasteiger partial charge in [0.2, 0.25) is 5.91 Å². The molecule has 8 heteroatoms. The molecule has 0 unspecified atom stereocenters. The van der Waals surface area contributed by atoms with Crippen LogP contribution in [0.5, 0.6) is 0 Å². The second kappa shape index (κ2) is 6.64. The van der Waals surface area contributed by atoms with Crippen LogP contribution in [0, 0.1) is 0 Å². The van der Waals surface area contributed by atoms with Gasteiger partial charge in [-0.2, -0.15) is 13.2 Å². The minimum atomic E-state index is -4.72. The van der Waals surface area contributed by atoms with E-state index in [1.807, 2.05) is 0 Å². The van der Waals surface area contributed by atoms with Gasteiger partial charge in [-0.15, -0.1) is 0 Å². The maximum absolute atomic E-state index is 13.4. The minimum absolute atomic E-state index is 0.139. The predicted molar refractivity (Wildman–Crippen MR) is 77.8 cm³/mol. The summed E-state index contributed by atoms with van der Waals surface area (Å²) in [5, 5.41) is 4.44. The van der Waals surface area contributed by atoms with Gasteiger partial charge in [0.1, 0.15) is 0 Å². The van der Waals surface area contributed by atoms with Crippen LogP contribution in [0.4, 0.5) is 13.2 Å².